The third kappa shape index (κ3) is 5.14. The van der Waals surface area contributed by atoms with Crippen LogP contribution >= 0.6 is 39.1 Å². The van der Waals surface area contributed by atoms with E-state index in [1.807, 2.05) is 12.1 Å². The maximum atomic E-state index is 12.5. The molecule has 0 saturated heterocycles. The number of anilines is 1. The molecule has 0 spiro atoms. The topological polar surface area (TPSA) is 62.1 Å². The van der Waals surface area contributed by atoms with Gasteiger partial charge in [-0.1, -0.05) is 35.3 Å². The summed E-state index contributed by atoms with van der Waals surface area (Å²) in [5.74, 6) is 0.0968. The molecule has 0 aliphatic heterocycles. The lowest BCUT2D eigenvalue weighted by molar-refractivity contribution is -0.112. The second kappa shape index (κ2) is 9.61. The molecule has 4 nitrogen and oxygen atoms in total. The lowest BCUT2D eigenvalue weighted by atomic mass is 10.0. The number of benzene rings is 2. The Balaban J connectivity index is 2.38. The van der Waals surface area contributed by atoms with E-state index < -0.39 is 5.91 Å². The molecule has 0 heterocycles. The highest BCUT2D eigenvalue weighted by Crippen LogP contribution is 2.32. The molecular weight excluding hydrogens is 451 g/mol. The molecule has 0 aliphatic rings. The van der Waals surface area contributed by atoms with Crippen molar-refractivity contribution in [3.05, 3.63) is 74.2 Å². The lowest BCUT2D eigenvalue weighted by Crippen LogP contribution is -2.13. The zero-order valence-electron chi connectivity index (χ0n) is 14.4. The minimum atomic E-state index is -0.584. The van der Waals surface area contributed by atoms with E-state index in [0.29, 0.717) is 32.9 Å². The van der Waals surface area contributed by atoms with Crippen LogP contribution in [0, 0.1) is 11.3 Å². The molecule has 2 rings (SSSR count). The number of nitrogens with one attached hydrogen (secondary N) is 1. The first-order chi connectivity index (χ1) is 12.9. The minimum Gasteiger partial charge on any atom is -0.495 e. The molecule has 0 aliphatic carbocycles. The van der Waals surface area contributed by atoms with Gasteiger partial charge >= 0.3 is 0 Å². The van der Waals surface area contributed by atoms with E-state index in [1.165, 1.54) is 6.08 Å². The van der Waals surface area contributed by atoms with Gasteiger partial charge in [-0.05, 0) is 63.8 Å². The predicted molar refractivity (Wildman–Crippen MR) is 113 cm³/mol. The van der Waals surface area contributed by atoms with E-state index in [4.69, 9.17) is 27.9 Å². The van der Waals surface area contributed by atoms with Gasteiger partial charge in [0.2, 0.25) is 0 Å². The largest absolute Gasteiger partial charge is 0.495 e. The fraction of sp³-hybridized carbons (Fsp3) is 0.100. The third-order valence-electron chi connectivity index (χ3n) is 3.59. The predicted octanol–water partition coefficient (Wildman–Crippen LogP) is 6.04. The van der Waals surface area contributed by atoms with Crippen LogP contribution in [0.3, 0.4) is 0 Å². The average Bonchev–Trinajstić information content (AvgIpc) is 2.63. The van der Waals surface area contributed by atoms with E-state index >= 15 is 0 Å². The first kappa shape index (κ1) is 21.0. The van der Waals surface area contributed by atoms with Crippen LogP contribution < -0.4 is 10.1 Å². The Morgan fingerprint density at radius 1 is 1.41 bits per heavy atom. The van der Waals surface area contributed by atoms with E-state index in [2.05, 4.69) is 27.8 Å². The van der Waals surface area contributed by atoms with Gasteiger partial charge in [0, 0.05) is 0 Å². The lowest BCUT2D eigenvalue weighted by Gasteiger charge is -2.11. The quantitative estimate of drug-likeness (QED) is 0.321. The van der Waals surface area contributed by atoms with Gasteiger partial charge < -0.3 is 10.1 Å². The van der Waals surface area contributed by atoms with Crippen molar-refractivity contribution >= 4 is 56.8 Å². The Morgan fingerprint density at radius 2 is 2.15 bits per heavy atom. The number of carbonyl (C=O) groups is 1. The summed E-state index contributed by atoms with van der Waals surface area (Å²) in [7, 11) is 1.57. The van der Waals surface area contributed by atoms with Crippen LogP contribution in [0.25, 0.3) is 6.08 Å². The van der Waals surface area contributed by atoms with Crippen molar-refractivity contribution in [1.82, 2.24) is 0 Å². The maximum Gasteiger partial charge on any atom is 0.266 e. The molecule has 1 amide bonds. The monoisotopic (exact) mass is 464 g/mol. The van der Waals surface area contributed by atoms with E-state index in [0.717, 1.165) is 5.56 Å². The SMILES string of the molecule is C=CCc1cc(/C=C(/C#N)C(=O)Nc2cccc(Cl)c2Cl)cc(Br)c1OC. The summed E-state index contributed by atoms with van der Waals surface area (Å²) >= 11 is 15.5. The minimum absolute atomic E-state index is 0.0762. The van der Waals surface area contributed by atoms with Crippen molar-refractivity contribution in [2.75, 3.05) is 12.4 Å². The molecule has 2 aromatic rings. The summed E-state index contributed by atoms with van der Waals surface area (Å²) < 4.78 is 6.09. The van der Waals surface area contributed by atoms with Crippen LogP contribution in [0.15, 0.2) is 53.0 Å². The number of hydrogen-bond donors (Lipinski definition) is 1. The molecule has 138 valence electrons. The highest BCUT2D eigenvalue weighted by Gasteiger charge is 2.14. The van der Waals surface area contributed by atoms with Gasteiger partial charge in [0.1, 0.15) is 17.4 Å². The first-order valence-electron chi connectivity index (χ1n) is 7.75. The summed E-state index contributed by atoms with van der Waals surface area (Å²) in [5.41, 5.74) is 1.80. The normalized spacial score (nSPS) is 10.9. The third-order valence-corrected chi connectivity index (χ3v) is 5.00. The summed E-state index contributed by atoms with van der Waals surface area (Å²) in [6, 6.07) is 10.4. The fourth-order valence-electron chi connectivity index (χ4n) is 2.40. The average molecular weight is 466 g/mol. The Bertz CT molecular complexity index is 965. The number of allylic oxidation sites excluding steroid dienone is 1. The summed E-state index contributed by atoms with van der Waals surface area (Å²) in [5, 5.41) is 12.5. The Hall–Kier alpha value is -2.26. The molecule has 0 aromatic heterocycles. The van der Waals surface area contributed by atoms with Gasteiger partial charge in [-0.3, -0.25) is 4.79 Å². The molecule has 27 heavy (non-hydrogen) atoms. The molecule has 0 unspecified atom stereocenters. The number of halogens is 3. The van der Waals surface area contributed by atoms with Crippen molar-refractivity contribution in [3.8, 4) is 11.8 Å². The van der Waals surface area contributed by atoms with Gasteiger partial charge in [0.25, 0.3) is 5.91 Å². The zero-order chi connectivity index (χ0) is 20.0. The van der Waals surface area contributed by atoms with Crippen molar-refractivity contribution in [2.24, 2.45) is 0 Å². The van der Waals surface area contributed by atoms with Crippen molar-refractivity contribution in [3.63, 3.8) is 0 Å². The summed E-state index contributed by atoms with van der Waals surface area (Å²) in [6.45, 7) is 3.73. The molecule has 0 bridgehead atoms. The van der Waals surface area contributed by atoms with Crippen LogP contribution in [-0.4, -0.2) is 13.0 Å². The summed E-state index contributed by atoms with van der Waals surface area (Å²) in [6.07, 6.45) is 3.82. The van der Waals surface area contributed by atoms with Crippen LogP contribution in [0.2, 0.25) is 10.0 Å². The molecule has 0 fully saturated rings. The molecular formula is C20H15BrCl2N2O2. The number of hydrogen-bond acceptors (Lipinski definition) is 3. The van der Waals surface area contributed by atoms with E-state index in [1.54, 1.807) is 37.5 Å². The highest BCUT2D eigenvalue weighted by atomic mass is 79.9. The molecule has 0 atom stereocenters. The van der Waals surface area contributed by atoms with Crippen LogP contribution in [0.1, 0.15) is 11.1 Å². The van der Waals surface area contributed by atoms with E-state index in [9.17, 15) is 10.1 Å². The van der Waals surface area contributed by atoms with E-state index in [-0.39, 0.29) is 10.6 Å². The van der Waals surface area contributed by atoms with Gasteiger partial charge in [-0.25, -0.2) is 0 Å². The number of nitriles is 1. The van der Waals surface area contributed by atoms with Crippen LogP contribution in [-0.2, 0) is 11.2 Å². The number of carbonyl (C=O) groups excluding carboxylic acids is 1. The molecule has 7 heteroatoms. The highest BCUT2D eigenvalue weighted by molar-refractivity contribution is 9.10. The standard InChI is InChI=1S/C20H15BrCl2N2O2/c1-3-5-13-8-12(10-15(21)19(13)27-2)9-14(11-24)20(26)25-17-7-4-6-16(22)18(17)23/h3-4,6-10H,1,5H2,2H3,(H,25,26)/b14-9-. The number of ether oxygens (including phenoxy) is 1. The molecule has 1 N–H and O–H groups in total. The number of methoxy groups -OCH3 is 1. The maximum absolute atomic E-state index is 12.5. The van der Waals surface area contributed by atoms with Crippen molar-refractivity contribution in [2.45, 2.75) is 6.42 Å². The van der Waals surface area contributed by atoms with Crippen LogP contribution in [0.5, 0.6) is 5.75 Å². The Morgan fingerprint density at radius 3 is 2.78 bits per heavy atom. The van der Waals surface area contributed by atoms with Gasteiger partial charge in [0.05, 0.1) is 27.3 Å². The number of amides is 1. The summed E-state index contributed by atoms with van der Waals surface area (Å²) in [4.78, 5) is 12.5. The molecule has 0 saturated carbocycles. The van der Waals surface area contributed by atoms with Crippen molar-refractivity contribution < 1.29 is 9.53 Å². The van der Waals surface area contributed by atoms with Gasteiger partial charge in [-0.15, -0.1) is 6.58 Å². The second-order valence-corrected chi connectivity index (χ2v) is 7.05. The number of rotatable bonds is 6. The molecule has 0 radical (unpaired) electrons. The van der Waals surface area contributed by atoms with Gasteiger partial charge in [0.15, 0.2) is 0 Å². The number of nitrogens with zero attached hydrogens (tertiary/aromatic N) is 1. The second-order valence-electron chi connectivity index (χ2n) is 5.41. The Labute approximate surface area is 176 Å². The fourth-order valence-corrected chi connectivity index (χ4v) is 3.43. The Kier molecular flexibility index (Phi) is 7.49. The van der Waals surface area contributed by atoms with Crippen molar-refractivity contribution in [1.29, 1.82) is 5.26 Å². The smallest absolute Gasteiger partial charge is 0.266 e. The first-order valence-corrected chi connectivity index (χ1v) is 9.30. The van der Waals surface area contributed by atoms with Gasteiger partial charge in [-0.2, -0.15) is 5.26 Å². The molecule has 2 aromatic carbocycles. The van der Waals surface area contributed by atoms with Crippen LogP contribution in [0.4, 0.5) is 5.69 Å². The zero-order valence-corrected chi connectivity index (χ0v) is 17.5.